The SMILES string of the molecule is CCO[C@H]1O[C@@H]2OC3(C)CC[C@H]4[C@H](C)CC[C@@H]([C@H]1C)[C@@]24OO3. The molecule has 1 spiro atoms. The van der Waals surface area contributed by atoms with Crippen LogP contribution in [0.15, 0.2) is 0 Å². The van der Waals surface area contributed by atoms with Crippen molar-refractivity contribution >= 4 is 0 Å². The minimum atomic E-state index is -0.700. The van der Waals surface area contributed by atoms with Crippen LogP contribution in [0, 0.1) is 23.7 Å². The molecular formula is C17H28O5. The van der Waals surface area contributed by atoms with Gasteiger partial charge in [-0.2, -0.15) is 0 Å². The summed E-state index contributed by atoms with van der Waals surface area (Å²) in [5.41, 5.74) is -0.472. The van der Waals surface area contributed by atoms with Crippen LogP contribution < -0.4 is 0 Å². The van der Waals surface area contributed by atoms with Crippen molar-refractivity contribution in [3.05, 3.63) is 0 Å². The summed E-state index contributed by atoms with van der Waals surface area (Å²) in [7, 11) is 0. The Kier molecular flexibility index (Phi) is 3.59. The maximum absolute atomic E-state index is 6.25. The molecule has 0 radical (unpaired) electrons. The molecule has 5 nitrogen and oxygen atoms in total. The van der Waals surface area contributed by atoms with Gasteiger partial charge in [-0.05, 0) is 44.9 Å². The van der Waals surface area contributed by atoms with E-state index in [4.69, 9.17) is 24.0 Å². The standard InChI is InChI=1S/C17H28O5/c1-5-18-14-11(3)13-7-6-10(2)12-8-9-16(4)20-15(19-14)17(12,13)22-21-16/h10-15H,5-9H2,1-4H3/t10-,11-,12+,13+,14+,15-,16?,17-/m1/s1. The normalized spacial score (nSPS) is 57.3. The summed E-state index contributed by atoms with van der Waals surface area (Å²) in [5.74, 6) is 0.957. The second-order valence-electron chi connectivity index (χ2n) is 7.73. The Hall–Kier alpha value is -0.200. The minimum Gasteiger partial charge on any atom is -0.353 e. The van der Waals surface area contributed by atoms with Crippen LogP contribution in [0.2, 0.25) is 0 Å². The summed E-state index contributed by atoms with van der Waals surface area (Å²) < 4.78 is 18.3. The molecule has 1 saturated carbocycles. The first-order valence-electron chi connectivity index (χ1n) is 8.82. The number of hydrogen-bond acceptors (Lipinski definition) is 5. The quantitative estimate of drug-likeness (QED) is 0.733. The van der Waals surface area contributed by atoms with E-state index >= 15 is 0 Å². The van der Waals surface area contributed by atoms with Crippen LogP contribution in [0.4, 0.5) is 0 Å². The van der Waals surface area contributed by atoms with Crippen molar-refractivity contribution in [1.29, 1.82) is 0 Å². The van der Waals surface area contributed by atoms with E-state index in [0.717, 1.165) is 19.3 Å². The van der Waals surface area contributed by atoms with Gasteiger partial charge in [-0.1, -0.05) is 13.8 Å². The zero-order chi connectivity index (χ0) is 15.5. The second kappa shape index (κ2) is 5.15. The van der Waals surface area contributed by atoms with E-state index in [0.29, 0.717) is 24.4 Å². The van der Waals surface area contributed by atoms with Gasteiger partial charge < -0.3 is 14.2 Å². The smallest absolute Gasteiger partial charge is 0.201 e. The van der Waals surface area contributed by atoms with Gasteiger partial charge in [0.15, 0.2) is 18.2 Å². The molecule has 5 rings (SSSR count). The Balaban J connectivity index is 1.75. The summed E-state index contributed by atoms with van der Waals surface area (Å²) in [5, 5.41) is 0. The molecule has 5 aliphatic rings. The van der Waals surface area contributed by atoms with E-state index in [-0.39, 0.29) is 18.5 Å². The summed E-state index contributed by atoms with van der Waals surface area (Å²) in [6.07, 6.45) is 3.66. The minimum absolute atomic E-state index is 0.216. The van der Waals surface area contributed by atoms with Crippen molar-refractivity contribution in [3.8, 4) is 0 Å². The highest BCUT2D eigenvalue weighted by atomic mass is 17.3. The van der Waals surface area contributed by atoms with Crippen LogP contribution in [-0.2, 0) is 24.0 Å². The fourth-order valence-corrected chi connectivity index (χ4v) is 5.23. The van der Waals surface area contributed by atoms with Gasteiger partial charge in [-0.15, -0.1) is 0 Å². The molecule has 0 aromatic rings. The molecule has 126 valence electrons. The molecule has 5 heteroatoms. The fraction of sp³-hybridized carbons (Fsp3) is 1.00. The molecule has 1 unspecified atom stereocenters. The van der Waals surface area contributed by atoms with Crippen LogP contribution in [0.3, 0.4) is 0 Å². The number of hydrogen-bond donors (Lipinski definition) is 0. The van der Waals surface area contributed by atoms with E-state index in [1.807, 2.05) is 13.8 Å². The van der Waals surface area contributed by atoms with Crippen molar-refractivity contribution in [2.45, 2.75) is 77.3 Å². The third-order valence-corrected chi connectivity index (χ3v) is 6.43. The number of fused-ring (bicyclic) bond motifs is 2. The van der Waals surface area contributed by atoms with Crippen molar-refractivity contribution in [2.24, 2.45) is 23.7 Å². The lowest BCUT2D eigenvalue weighted by Crippen LogP contribution is -2.70. The van der Waals surface area contributed by atoms with Crippen molar-refractivity contribution < 1.29 is 24.0 Å². The molecule has 22 heavy (non-hydrogen) atoms. The molecule has 4 aliphatic heterocycles. The molecule has 4 saturated heterocycles. The van der Waals surface area contributed by atoms with Crippen molar-refractivity contribution in [1.82, 2.24) is 0 Å². The summed E-state index contributed by atoms with van der Waals surface area (Å²) in [6, 6.07) is 0. The van der Waals surface area contributed by atoms with Gasteiger partial charge in [0.05, 0.1) is 0 Å². The van der Waals surface area contributed by atoms with Crippen molar-refractivity contribution in [2.75, 3.05) is 6.61 Å². The number of ether oxygens (including phenoxy) is 3. The summed E-state index contributed by atoms with van der Waals surface area (Å²) >= 11 is 0. The van der Waals surface area contributed by atoms with Gasteiger partial charge in [-0.3, -0.25) is 0 Å². The highest BCUT2D eigenvalue weighted by Crippen LogP contribution is 2.60. The third kappa shape index (κ3) is 1.96. The Bertz CT molecular complexity index is 443. The van der Waals surface area contributed by atoms with Gasteiger partial charge >= 0.3 is 0 Å². The van der Waals surface area contributed by atoms with Crippen LogP contribution in [0.25, 0.3) is 0 Å². The zero-order valence-electron chi connectivity index (χ0n) is 14.0. The molecular weight excluding hydrogens is 284 g/mol. The molecule has 0 aromatic carbocycles. The summed E-state index contributed by atoms with van der Waals surface area (Å²) in [6.45, 7) is 9.15. The first kappa shape index (κ1) is 15.3. The summed E-state index contributed by atoms with van der Waals surface area (Å²) in [4.78, 5) is 11.9. The van der Waals surface area contributed by atoms with Crippen LogP contribution in [-0.4, -0.2) is 30.6 Å². The molecule has 0 amide bonds. The van der Waals surface area contributed by atoms with Gasteiger partial charge in [0.2, 0.25) is 5.79 Å². The molecule has 0 N–H and O–H groups in total. The average Bonchev–Trinajstić information content (AvgIpc) is 2.71. The van der Waals surface area contributed by atoms with Gasteiger partial charge in [0.25, 0.3) is 0 Å². The van der Waals surface area contributed by atoms with Gasteiger partial charge in [0.1, 0.15) is 0 Å². The van der Waals surface area contributed by atoms with E-state index in [2.05, 4.69) is 13.8 Å². The Labute approximate surface area is 132 Å². The number of rotatable bonds is 2. The third-order valence-electron chi connectivity index (χ3n) is 6.43. The van der Waals surface area contributed by atoms with E-state index < -0.39 is 11.4 Å². The molecule has 2 bridgehead atoms. The van der Waals surface area contributed by atoms with E-state index in [1.54, 1.807) is 0 Å². The molecule has 1 aliphatic carbocycles. The predicted octanol–water partition coefficient (Wildman–Crippen LogP) is 3.23. The zero-order valence-corrected chi connectivity index (χ0v) is 14.0. The monoisotopic (exact) mass is 312 g/mol. The van der Waals surface area contributed by atoms with Crippen molar-refractivity contribution in [3.63, 3.8) is 0 Å². The lowest BCUT2D eigenvalue weighted by Gasteiger charge is -2.60. The predicted molar refractivity (Wildman–Crippen MR) is 78.5 cm³/mol. The van der Waals surface area contributed by atoms with E-state index in [1.165, 1.54) is 6.42 Å². The average molecular weight is 312 g/mol. The van der Waals surface area contributed by atoms with E-state index in [9.17, 15) is 0 Å². The lowest BCUT2D eigenvalue weighted by atomic mass is 9.58. The molecule has 8 atom stereocenters. The van der Waals surface area contributed by atoms with Crippen LogP contribution >= 0.6 is 0 Å². The molecule has 5 fully saturated rings. The maximum Gasteiger partial charge on any atom is 0.201 e. The first-order valence-corrected chi connectivity index (χ1v) is 8.82. The molecule has 0 aromatic heterocycles. The van der Waals surface area contributed by atoms with Crippen LogP contribution in [0.1, 0.15) is 53.4 Å². The lowest BCUT2D eigenvalue weighted by molar-refractivity contribution is -0.577. The molecule has 4 heterocycles. The fourth-order valence-electron chi connectivity index (χ4n) is 5.23. The maximum atomic E-state index is 6.25. The van der Waals surface area contributed by atoms with Gasteiger partial charge in [-0.25, -0.2) is 9.78 Å². The topological polar surface area (TPSA) is 46.2 Å². The highest BCUT2D eigenvalue weighted by molar-refractivity contribution is 5.09. The Morgan fingerprint density at radius 2 is 1.91 bits per heavy atom. The largest absolute Gasteiger partial charge is 0.353 e. The van der Waals surface area contributed by atoms with Gasteiger partial charge in [0, 0.05) is 24.9 Å². The van der Waals surface area contributed by atoms with Crippen LogP contribution in [0.5, 0.6) is 0 Å². The Morgan fingerprint density at radius 3 is 2.68 bits per heavy atom. The highest BCUT2D eigenvalue weighted by Gasteiger charge is 2.69. The second-order valence-corrected chi connectivity index (χ2v) is 7.73. The first-order chi connectivity index (χ1) is 10.5. The Morgan fingerprint density at radius 1 is 1.09 bits per heavy atom.